The minimum absolute atomic E-state index is 0. The maximum atomic E-state index is 12.3. The minimum Gasteiger partial charge on any atom is -0.383 e. The Morgan fingerprint density at radius 2 is 1.84 bits per heavy atom. The number of hydrogen-bond acceptors (Lipinski definition) is 3. The van der Waals surface area contributed by atoms with E-state index in [2.05, 4.69) is 15.6 Å². The zero-order valence-electron chi connectivity index (χ0n) is 15.8. The Balaban J connectivity index is 0.00000576. The van der Waals surface area contributed by atoms with E-state index in [4.69, 9.17) is 4.74 Å². The van der Waals surface area contributed by atoms with Crippen molar-refractivity contribution in [3.63, 3.8) is 0 Å². The molecule has 0 heterocycles. The van der Waals surface area contributed by atoms with Crippen molar-refractivity contribution in [1.29, 1.82) is 0 Å². The molecule has 0 saturated carbocycles. The van der Waals surface area contributed by atoms with Crippen LogP contribution in [0.15, 0.2) is 29.3 Å². The van der Waals surface area contributed by atoms with Gasteiger partial charge in [-0.3, -0.25) is 9.79 Å². The Bertz CT molecular complexity index is 530. The average molecular weight is 462 g/mol. The van der Waals surface area contributed by atoms with Gasteiger partial charge in [0, 0.05) is 45.4 Å². The molecule has 1 unspecified atom stereocenters. The van der Waals surface area contributed by atoms with Gasteiger partial charge in [0.15, 0.2) is 5.96 Å². The lowest BCUT2D eigenvalue weighted by atomic mass is 10.1. The zero-order chi connectivity index (χ0) is 17.9. The summed E-state index contributed by atoms with van der Waals surface area (Å²) < 4.78 is 5.10. The molecule has 1 amide bonds. The number of carbonyl (C=O) groups is 1. The predicted octanol–water partition coefficient (Wildman–Crippen LogP) is 2.49. The van der Waals surface area contributed by atoms with Gasteiger partial charge in [-0.05, 0) is 38.5 Å². The molecule has 0 radical (unpaired) electrons. The van der Waals surface area contributed by atoms with E-state index in [9.17, 15) is 4.79 Å². The third-order valence-electron chi connectivity index (χ3n) is 3.73. The summed E-state index contributed by atoms with van der Waals surface area (Å²) in [5, 5.41) is 6.51. The number of amides is 1. The number of aliphatic imine (C=N–C) groups is 1. The minimum atomic E-state index is 0. The number of hydrogen-bond donors (Lipinski definition) is 2. The summed E-state index contributed by atoms with van der Waals surface area (Å²) >= 11 is 0. The van der Waals surface area contributed by atoms with Crippen LogP contribution in [0, 0.1) is 0 Å². The summed E-state index contributed by atoms with van der Waals surface area (Å²) in [5.41, 5.74) is 1.81. The van der Waals surface area contributed by atoms with Crippen molar-refractivity contribution < 1.29 is 9.53 Å². The first-order valence-electron chi connectivity index (χ1n) is 8.39. The quantitative estimate of drug-likeness (QED) is 0.354. The maximum Gasteiger partial charge on any atom is 0.253 e. The zero-order valence-corrected chi connectivity index (χ0v) is 18.2. The molecule has 0 aliphatic rings. The molecular weight excluding hydrogens is 431 g/mol. The maximum absolute atomic E-state index is 12.3. The van der Waals surface area contributed by atoms with Gasteiger partial charge in [0.05, 0.1) is 6.61 Å². The van der Waals surface area contributed by atoms with Crippen LogP contribution < -0.4 is 10.6 Å². The molecule has 6 nitrogen and oxygen atoms in total. The molecule has 0 aliphatic heterocycles. The van der Waals surface area contributed by atoms with E-state index in [0.717, 1.165) is 30.2 Å². The van der Waals surface area contributed by atoms with E-state index < -0.39 is 0 Å². The van der Waals surface area contributed by atoms with Crippen LogP contribution in [0.25, 0.3) is 0 Å². The molecular formula is C18H31IN4O2. The second-order valence-corrected chi connectivity index (χ2v) is 5.60. The van der Waals surface area contributed by atoms with Gasteiger partial charge in [0.25, 0.3) is 5.91 Å². The Morgan fingerprint density at radius 1 is 1.24 bits per heavy atom. The van der Waals surface area contributed by atoms with Crippen molar-refractivity contribution in [2.24, 2.45) is 4.99 Å². The van der Waals surface area contributed by atoms with Crippen LogP contribution in [-0.4, -0.2) is 56.7 Å². The highest BCUT2D eigenvalue weighted by molar-refractivity contribution is 14.0. The van der Waals surface area contributed by atoms with Crippen LogP contribution in [0.2, 0.25) is 0 Å². The first-order valence-corrected chi connectivity index (χ1v) is 8.39. The van der Waals surface area contributed by atoms with Crippen molar-refractivity contribution in [2.45, 2.75) is 33.4 Å². The molecule has 1 aromatic carbocycles. The molecule has 25 heavy (non-hydrogen) atoms. The van der Waals surface area contributed by atoms with E-state index in [1.165, 1.54) is 0 Å². The number of carbonyl (C=O) groups excluding carboxylic acids is 1. The molecule has 0 saturated heterocycles. The molecule has 0 aromatic heterocycles. The SMILES string of the molecule is CCN(CC)C(=O)c1ccc(CNC(=NC)NC(C)COC)cc1.I. The largest absolute Gasteiger partial charge is 0.383 e. The fourth-order valence-electron chi connectivity index (χ4n) is 2.36. The molecule has 1 atom stereocenters. The summed E-state index contributed by atoms with van der Waals surface area (Å²) in [6.07, 6.45) is 0. The third kappa shape index (κ3) is 8.04. The second kappa shape index (κ2) is 12.9. The molecule has 142 valence electrons. The van der Waals surface area contributed by atoms with Gasteiger partial charge in [0.2, 0.25) is 0 Å². The number of benzene rings is 1. The molecule has 0 aliphatic carbocycles. The number of nitrogens with zero attached hydrogens (tertiary/aromatic N) is 2. The number of rotatable bonds is 8. The topological polar surface area (TPSA) is 66.0 Å². The van der Waals surface area contributed by atoms with Crippen LogP contribution >= 0.6 is 24.0 Å². The smallest absolute Gasteiger partial charge is 0.253 e. The van der Waals surface area contributed by atoms with Gasteiger partial charge in [0.1, 0.15) is 0 Å². The van der Waals surface area contributed by atoms with Crippen LogP contribution in [-0.2, 0) is 11.3 Å². The van der Waals surface area contributed by atoms with Crippen molar-refractivity contribution in [3.8, 4) is 0 Å². The normalized spacial score (nSPS) is 12.1. The predicted molar refractivity (Wildman–Crippen MR) is 114 cm³/mol. The van der Waals surface area contributed by atoms with Gasteiger partial charge in [-0.15, -0.1) is 24.0 Å². The fraction of sp³-hybridized carbons (Fsp3) is 0.556. The molecule has 0 fully saturated rings. The highest BCUT2D eigenvalue weighted by atomic mass is 127. The Kier molecular flexibility index (Phi) is 12.2. The fourth-order valence-corrected chi connectivity index (χ4v) is 2.36. The third-order valence-corrected chi connectivity index (χ3v) is 3.73. The van der Waals surface area contributed by atoms with Crippen LogP contribution in [0.5, 0.6) is 0 Å². The van der Waals surface area contributed by atoms with Crippen molar-refractivity contribution in [1.82, 2.24) is 15.5 Å². The van der Waals surface area contributed by atoms with E-state index in [1.807, 2.05) is 49.9 Å². The Hall–Kier alpha value is -1.35. The van der Waals surface area contributed by atoms with Crippen molar-refractivity contribution >= 4 is 35.8 Å². The van der Waals surface area contributed by atoms with Crippen LogP contribution in [0.4, 0.5) is 0 Å². The lowest BCUT2D eigenvalue weighted by molar-refractivity contribution is 0.0773. The second-order valence-electron chi connectivity index (χ2n) is 5.60. The summed E-state index contributed by atoms with van der Waals surface area (Å²) in [4.78, 5) is 18.3. The molecule has 2 N–H and O–H groups in total. The molecule has 0 bridgehead atoms. The molecule has 1 rings (SSSR count). The van der Waals surface area contributed by atoms with Gasteiger partial charge >= 0.3 is 0 Å². The average Bonchev–Trinajstić information content (AvgIpc) is 2.60. The number of methoxy groups -OCH3 is 1. The van der Waals surface area contributed by atoms with Crippen LogP contribution in [0.1, 0.15) is 36.7 Å². The highest BCUT2D eigenvalue weighted by Gasteiger charge is 2.12. The van der Waals surface area contributed by atoms with Gasteiger partial charge < -0.3 is 20.3 Å². The monoisotopic (exact) mass is 462 g/mol. The molecule has 1 aromatic rings. The Morgan fingerprint density at radius 3 is 2.32 bits per heavy atom. The first kappa shape index (κ1) is 23.6. The number of guanidine groups is 1. The standard InChI is InChI=1S/C18H30N4O2.HI/c1-6-22(7-2)17(23)16-10-8-15(9-11-16)12-20-18(19-4)21-14(3)13-24-5;/h8-11,14H,6-7,12-13H2,1-5H3,(H2,19,20,21);1H. The first-order chi connectivity index (χ1) is 11.5. The van der Waals surface area contributed by atoms with E-state index in [0.29, 0.717) is 13.2 Å². The summed E-state index contributed by atoms with van der Waals surface area (Å²) in [5.74, 6) is 0.799. The lowest BCUT2D eigenvalue weighted by Crippen LogP contribution is -2.43. The van der Waals surface area contributed by atoms with Gasteiger partial charge in [-0.25, -0.2) is 0 Å². The molecule has 7 heteroatoms. The molecule has 0 spiro atoms. The van der Waals surface area contributed by atoms with E-state index in [-0.39, 0.29) is 35.9 Å². The summed E-state index contributed by atoms with van der Waals surface area (Å²) in [7, 11) is 3.41. The number of nitrogens with one attached hydrogen (secondary N) is 2. The highest BCUT2D eigenvalue weighted by Crippen LogP contribution is 2.08. The van der Waals surface area contributed by atoms with Crippen LogP contribution in [0.3, 0.4) is 0 Å². The number of halogens is 1. The van der Waals surface area contributed by atoms with E-state index >= 15 is 0 Å². The Labute approximate surface area is 168 Å². The summed E-state index contributed by atoms with van der Waals surface area (Å²) in [6, 6.07) is 7.86. The van der Waals surface area contributed by atoms with Crippen molar-refractivity contribution in [3.05, 3.63) is 35.4 Å². The van der Waals surface area contributed by atoms with Gasteiger partial charge in [-0.1, -0.05) is 12.1 Å². The lowest BCUT2D eigenvalue weighted by Gasteiger charge is -2.19. The summed E-state index contributed by atoms with van der Waals surface area (Å²) in [6.45, 7) is 8.71. The van der Waals surface area contributed by atoms with Gasteiger partial charge in [-0.2, -0.15) is 0 Å². The van der Waals surface area contributed by atoms with E-state index in [1.54, 1.807) is 14.2 Å². The number of ether oxygens (including phenoxy) is 1. The van der Waals surface area contributed by atoms with Crippen molar-refractivity contribution in [2.75, 3.05) is 33.9 Å².